The second-order valence-electron chi connectivity index (χ2n) is 5.99. The Kier molecular flexibility index (Phi) is 4.94. The van der Waals surface area contributed by atoms with E-state index in [0.29, 0.717) is 10.8 Å². The van der Waals surface area contributed by atoms with Crippen LogP contribution in [-0.2, 0) is 11.8 Å². The molecule has 1 unspecified atom stereocenters. The molecule has 1 aromatic carbocycles. The molecule has 0 aliphatic heterocycles. The monoisotopic (exact) mass is 372 g/mol. The molecule has 3 rings (SSSR count). The van der Waals surface area contributed by atoms with Gasteiger partial charge in [-0.2, -0.15) is 0 Å². The number of carbonyl (C=O) groups excluding carboxylic acids is 2. The van der Waals surface area contributed by atoms with Gasteiger partial charge in [-0.1, -0.05) is 0 Å². The fourth-order valence-corrected chi connectivity index (χ4v) is 3.32. The summed E-state index contributed by atoms with van der Waals surface area (Å²) in [5, 5.41) is 8.70. The molecule has 0 radical (unpaired) electrons. The molecule has 1 atom stereocenters. The van der Waals surface area contributed by atoms with Crippen LogP contribution >= 0.6 is 11.3 Å². The number of aryl methyl sites for hydroxylation is 2. The lowest BCUT2D eigenvalue weighted by molar-refractivity contribution is -0.117. The zero-order valence-corrected chi connectivity index (χ0v) is 15.8. The van der Waals surface area contributed by atoms with Crippen molar-refractivity contribution < 1.29 is 14.3 Å². The van der Waals surface area contributed by atoms with Gasteiger partial charge >= 0.3 is 0 Å². The van der Waals surface area contributed by atoms with Gasteiger partial charge in [0.25, 0.3) is 5.91 Å². The van der Waals surface area contributed by atoms with E-state index in [9.17, 15) is 9.59 Å². The van der Waals surface area contributed by atoms with E-state index in [1.165, 1.54) is 11.3 Å². The maximum absolute atomic E-state index is 12.6. The second kappa shape index (κ2) is 7.17. The number of ether oxygens (including phenoxy) is 1. The maximum Gasteiger partial charge on any atom is 0.268 e. The van der Waals surface area contributed by atoms with Crippen molar-refractivity contribution in [1.29, 1.82) is 0 Å². The molecular weight excluding hydrogens is 352 g/mol. The molecule has 0 spiro atoms. The van der Waals surface area contributed by atoms with Gasteiger partial charge in [0.15, 0.2) is 5.13 Å². The molecular formula is C18H20N4O3S. The molecule has 0 aliphatic carbocycles. The average molecular weight is 372 g/mol. The van der Waals surface area contributed by atoms with Crippen LogP contribution in [0.15, 0.2) is 29.6 Å². The normalized spacial score (nSPS) is 12.0. The maximum atomic E-state index is 12.6. The molecule has 2 N–H and O–H groups in total. The zero-order chi connectivity index (χ0) is 18.8. The van der Waals surface area contributed by atoms with E-state index in [2.05, 4.69) is 15.6 Å². The molecule has 136 valence electrons. The zero-order valence-electron chi connectivity index (χ0n) is 15.0. The van der Waals surface area contributed by atoms with Gasteiger partial charge in [-0.3, -0.25) is 9.59 Å². The highest BCUT2D eigenvalue weighted by atomic mass is 32.1. The number of thiazole rings is 1. The molecule has 2 amide bonds. The highest BCUT2D eigenvalue weighted by Gasteiger charge is 2.20. The number of amides is 2. The van der Waals surface area contributed by atoms with Crippen molar-refractivity contribution in [3.63, 3.8) is 0 Å². The van der Waals surface area contributed by atoms with Gasteiger partial charge in [0, 0.05) is 23.3 Å². The first-order valence-electron chi connectivity index (χ1n) is 8.06. The topological polar surface area (TPSA) is 85.2 Å². The number of fused-ring (bicyclic) bond motifs is 1. The molecule has 26 heavy (non-hydrogen) atoms. The Balaban J connectivity index is 1.73. The van der Waals surface area contributed by atoms with Crippen LogP contribution in [0.2, 0.25) is 0 Å². The van der Waals surface area contributed by atoms with E-state index in [0.717, 1.165) is 22.3 Å². The van der Waals surface area contributed by atoms with E-state index in [1.807, 2.05) is 37.6 Å². The first kappa shape index (κ1) is 17.9. The molecule has 0 saturated carbocycles. The van der Waals surface area contributed by atoms with Crippen molar-refractivity contribution in [3.05, 3.63) is 41.0 Å². The summed E-state index contributed by atoms with van der Waals surface area (Å²) in [6.07, 6.45) is 0. The van der Waals surface area contributed by atoms with E-state index in [4.69, 9.17) is 4.74 Å². The largest absolute Gasteiger partial charge is 0.497 e. The number of nitrogens with one attached hydrogen (secondary N) is 2. The first-order chi connectivity index (χ1) is 12.4. The fraction of sp³-hybridized carbons (Fsp3) is 0.278. The number of aromatic nitrogens is 2. The predicted octanol–water partition coefficient (Wildman–Crippen LogP) is 2.71. The summed E-state index contributed by atoms with van der Waals surface area (Å²) < 4.78 is 7.01. The van der Waals surface area contributed by atoms with Crippen LogP contribution in [0.1, 0.15) is 23.1 Å². The summed E-state index contributed by atoms with van der Waals surface area (Å²) in [6.45, 7) is 3.49. The van der Waals surface area contributed by atoms with Crippen molar-refractivity contribution in [2.24, 2.45) is 7.05 Å². The Hall–Kier alpha value is -2.87. The van der Waals surface area contributed by atoms with Gasteiger partial charge in [0.1, 0.15) is 17.5 Å². The smallest absolute Gasteiger partial charge is 0.268 e. The first-order valence-corrected chi connectivity index (χ1v) is 8.94. The number of carbonyl (C=O) groups is 2. The Labute approximate surface area is 155 Å². The van der Waals surface area contributed by atoms with Crippen LogP contribution in [0.5, 0.6) is 5.75 Å². The number of hydrogen-bond donors (Lipinski definition) is 2. The van der Waals surface area contributed by atoms with Crippen molar-refractivity contribution in [1.82, 2.24) is 14.9 Å². The van der Waals surface area contributed by atoms with Crippen molar-refractivity contribution in [2.75, 3.05) is 12.4 Å². The fourth-order valence-electron chi connectivity index (χ4n) is 2.63. The Morgan fingerprint density at radius 2 is 2.08 bits per heavy atom. The summed E-state index contributed by atoms with van der Waals surface area (Å²) in [7, 11) is 3.41. The number of anilines is 1. The highest BCUT2D eigenvalue weighted by molar-refractivity contribution is 7.13. The van der Waals surface area contributed by atoms with Crippen molar-refractivity contribution >= 4 is 39.2 Å². The molecule has 0 saturated heterocycles. The lowest BCUT2D eigenvalue weighted by Gasteiger charge is -2.13. The van der Waals surface area contributed by atoms with Gasteiger partial charge in [-0.15, -0.1) is 11.3 Å². The van der Waals surface area contributed by atoms with Crippen molar-refractivity contribution in [2.45, 2.75) is 19.9 Å². The van der Waals surface area contributed by atoms with Crippen LogP contribution < -0.4 is 15.4 Å². The van der Waals surface area contributed by atoms with Crippen LogP contribution in [0.4, 0.5) is 5.13 Å². The Bertz CT molecular complexity index is 976. The van der Waals surface area contributed by atoms with Crippen LogP contribution in [0, 0.1) is 6.92 Å². The molecule has 8 heteroatoms. The van der Waals surface area contributed by atoms with Gasteiger partial charge in [-0.05, 0) is 38.1 Å². The predicted molar refractivity (Wildman–Crippen MR) is 102 cm³/mol. The lowest BCUT2D eigenvalue weighted by Crippen LogP contribution is -2.42. The third-order valence-electron chi connectivity index (χ3n) is 4.07. The van der Waals surface area contributed by atoms with E-state index in [1.54, 1.807) is 24.7 Å². The number of rotatable bonds is 5. The molecule has 2 aromatic heterocycles. The molecule has 0 aliphatic rings. The summed E-state index contributed by atoms with van der Waals surface area (Å²) >= 11 is 1.35. The third-order valence-corrected chi connectivity index (χ3v) is 4.95. The Morgan fingerprint density at radius 3 is 2.73 bits per heavy atom. The second-order valence-corrected chi connectivity index (χ2v) is 6.85. The van der Waals surface area contributed by atoms with E-state index in [-0.39, 0.29) is 11.8 Å². The molecule has 2 heterocycles. The van der Waals surface area contributed by atoms with Gasteiger partial charge < -0.3 is 19.9 Å². The van der Waals surface area contributed by atoms with Crippen LogP contribution in [0.3, 0.4) is 0 Å². The summed E-state index contributed by atoms with van der Waals surface area (Å²) in [5.41, 5.74) is 2.22. The summed E-state index contributed by atoms with van der Waals surface area (Å²) in [6, 6.07) is 6.69. The number of methoxy groups -OCH3 is 1. The highest BCUT2D eigenvalue weighted by Crippen LogP contribution is 2.24. The van der Waals surface area contributed by atoms with Gasteiger partial charge in [-0.25, -0.2) is 4.98 Å². The summed E-state index contributed by atoms with van der Waals surface area (Å²) in [4.78, 5) is 29.0. The number of nitrogens with zero attached hydrogens (tertiary/aromatic N) is 2. The van der Waals surface area contributed by atoms with Crippen LogP contribution in [-0.4, -0.2) is 34.5 Å². The molecule has 0 bridgehead atoms. The third kappa shape index (κ3) is 3.55. The molecule has 7 nitrogen and oxygen atoms in total. The van der Waals surface area contributed by atoms with Gasteiger partial charge in [0.05, 0.1) is 12.8 Å². The minimum atomic E-state index is -0.695. The van der Waals surface area contributed by atoms with Gasteiger partial charge in [0.2, 0.25) is 5.91 Å². The standard InChI is InChI=1S/C18H20N4O3S/c1-10-9-26-18(19-10)21-16(23)11(2)20-17(24)15-8-12-7-13(25-4)5-6-14(12)22(15)3/h5-9,11H,1-4H3,(H,20,24)(H,19,21,23). The SMILES string of the molecule is COc1ccc2c(c1)cc(C(=O)NC(C)C(=O)Nc1nc(C)cs1)n2C. The minimum Gasteiger partial charge on any atom is -0.497 e. The van der Waals surface area contributed by atoms with Crippen molar-refractivity contribution in [3.8, 4) is 5.75 Å². The Morgan fingerprint density at radius 1 is 1.31 bits per heavy atom. The minimum absolute atomic E-state index is 0.312. The lowest BCUT2D eigenvalue weighted by atomic mass is 10.2. The molecule has 3 aromatic rings. The van der Waals surface area contributed by atoms with Crippen LogP contribution in [0.25, 0.3) is 10.9 Å². The van der Waals surface area contributed by atoms with E-state index >= 15 is 0 Å². The number of hydrogen-bond acceptors (Lipinski definition) is 5. The quantitative estimate of drug-likeness (QED) is 0.721. The van der Waals surface area contributed by atoms with E-state index < -0.39 is 6.04 Å². The molecule has 0 fully saturated rings. The average Bonchev–Trinajstić information content (AvgIpc) is 3.17. The summed E-state index contributed by atoms with van der Waals surface area (Å²) in [5.74, 6) is 0.0929. The number of benzene rings is 1.